The maximum atomic E-state index is 13.7. The van der Waals surface area contributed by atoms with Gasteiger partial charge in [0.05, 0.1) is 38.4 Å². The van der Waals surface area contributed by atoms with Crippen LogP contribution >= 0.6 is 34.5 Å². The Hall–Kier alpha value is -3.99. The first-order valence-corrected chi connectivity index (χ1v) is 13.2. The fourth-order valence-electron chi connectivity index (χ4n) is 4.27. The van der Waals surface area contributed by atoms with Gasteiger partial charge in [-0.1, -0.05) is 46.7 Å². The summed E-state index contributed by atoms with van der Waals surface area (Å²) in [6.45, 7) is 3.59. The Morgan fingerprint density at radius 1 is 1.21 bits per heavy atom. The zero-order chi connectivity index (χ0) is 27.8. The third-order valence-corrected chi connectivity index (χ3v) is 7.58. The first kappa shape index (κ1) is 26.6. The van der Waals surface area contributed by atoms with Crippen LogP contribution in [0.15, 0.2) is 80.1 Å². The van der Waals surface area contributed by atoms with Crippen LogP contribution in [0.4, 0.5) is 5.69 Å². The quantitative estimate of drug-likeness (QED) is 0.173. The minimum absolute atomic E-state index is 0.135. The Bertz CT molecular complexity index is 1840. The van der Waals surface area contributed by atoms with Crippen molar-refractivity contribution in [3.8, 4) is 11.3 Å². The van der Waals surface area contributed by atoms with E-state index in [-0.39, 0.29) is 28.4 Å². The number of non-ortho nitro benzene ring substituents is 1. The molecule has 0 saturated heterocycles. The van der Waals surface area contributed by atoms with Crippen molar-refractivity contribution in [2.45, 2.75) is 19.9 Å². The molecule has 2 aromatic carbocycles. The number of nitro groups is 1. The molecule has 39 heavy (non-hydrogen) atoms. The lowest BCUT2D eigenvalue weighted by Gasteiger charge is -2.24. The minimum Gasteiger partial charge on any atom is -0.463 e. The van der Waals surface area contributed by atoms with Crippen molar-refractivity contribution < 1.29 is 18.9 Å². The second-order valence-corrected chi connectivity index (χ2v) is 10.3. The summed E-state index contributed by atoms with van der Waals surface area (Å²) in [5.41, 5.74) is 1.38. The van der Waals surface area contributed by atoms with Crippen molar-refractivity contribution in [1.82, 2.24) is 4.57 Å². The largest absolute Gasteiger partial charge is 0.463 e. The normalized spacial score (nSPS) is 15.2. The van der Waals surface area contributed by atoms with E-state index in [1.807, 2.05) is 0 Å². The second-order valence-electron chi connectivity index (χ2n) is 8.48. The first-order chi connectivity index (χ1) is 18.7. The van der Waals surface area contributed by atoms with Crippen LogP contribution in [-0.4, -0.2) is 22.1 Å². The molecule has 0 bridgehead atoms. The van der Waals surface area contributed by atoms with Crippen LogP contribution in [0.3, 0.4) is 0 Å². The Labute approximate surface area is 235 Å². The van der Waals surface area contributed by atoms with Crippen LogP contribution < -0.4 is 14.9 Å². The number of fused-ring (bicyclic) bond motifs is 1. The van der Waals surface area contributed by atoms with Gasteiger partial charge in [-0.3, -0.25) is 19.5 Å². The van der Waals surface area contributed by atoms with Gasteiger partial charge in [0.2, 0.25) is 0 Å². The molecule has 198 valence electrons. The average molecular weight is 584 g/mol. The van der Waals surface area contributed by atoms with Gasteiger partial charge in [-0.05, 0) is 49.7 Å². The smallest absolute Gasteiger partial charge is 0.338 e. The molecular formula is C27H19Cl2N3O6S. The number of carbonyl (C=O) groups is 1. The number of aromatic nitrogens is 1. The van der Waals surface area contributed by atoms with Gasteiger partial charge >= 0.3 is 5.97 Å². The standard InChI is InChI=1S/C27H19Cl2N3O6S/c1-3-37-26(34)23-14(2)30-27-31(24(23)15-4-6-16(28)7-5-15)25(33)22(39-27)13-18-9-11-21(38-18)19-10-8-17(32(35)36)12-20(19)29/h4-13,24H,3H2,1-2H3. The van der Waals surface area contributed by atoms with E-state index in [2.05, 4.69) is 4.99 Å². The van der Waals surface area contributed by atoms with Gasteiger partial charge < -0.3 is 9.15 Å². The number of furan rings is 1. The molecule has 1 unspecified atom stereocenters. The summed E-state index contributed by atoms with van der Waals surface area (Å²) >= 11 is 13.5. The Morgan fingerprint density at radius 2 is 1.95 bits per heavy atom. The first-order valence-electron chi connectivity index (χ1n) is 11.7. The van der Waals surface area contributed by atoms with Crippen LogP contribution in [-0.2, 0) is 9.53 Å². The van der Waals surface area contributed by atoms with E-state index >= 15 is 0 Å². The third kappa shape index (κ3) is 5.06. The Morgan fingerprint density at radius 3 is 2.62 bits per heavy atom. The van der Waals surface area contributed by atoms with E-state index in [1.54, 1.807) is 56.3 Å². The number of allylic oxidation sites excluding steroid dienone is 1. The highest BCUT2D eigenvalue weighted by Gasteiger charge is 2.33. The highest BCUT2D eigenvalue weighted by atomic mass is 35.5. The number of rotatable bonds is 6. The highest BCUT2D eigenvalue weighted by Crippen LogP contribution is 2.33. The second kappa shape index (κ2) is 10.6. The van der Waals surface area contributed by atoms with Crippen LogP contribution in [0.5, 0.6) is 0 Å². The summed E-state index contributed by atoms with van der Waals surface area (Å²) < 4.78 is 13.0. The van der Waals surface area contributed by atoms with Crippen LogP contribution in [0.2, 0.25) is 10.0 Å². The van der Waals surface area contributed by atoms with E-state index in [1.165, 1.54) is 22.8 Å². The van der Waals surface area contributed by atoms with Crippen molar-refractivity contribution in [3.63, 3.8) is 0 Å². The molecule has 3 heterocycles. The Balaban J connectivity index is 1.60. The molecule has 0 radical (unpaired) electrons. The average Bonchev–Trinajstić information content (AvgIpc) is 3.48. The lowest BCUT2D eigenvalue weighted by molar-refractivity contribution is -0.384. The van der Waals surface area contributed by atoms with Gasteiger partial charge in [0.15, 0.2) is 4.80 Å². The SMILES string of the molecule is CCOC(=O)C1=C(C)N=c2sc(=Cc3ccc(-c4ccc([N+](=O)[O-])cc4Cl)o3)c(=O)n2C1c1ccc(Cl)cc1. The molecule has 0 spiro atoms. The molecular weight excluding hydrogens is 565 g/mol. The molecule has 0 N–H and O–H groups in total. The zero-order valence-electron chi connectivity index (χ0n) is 20.5. The number of halogens is 2. The van der Waals surface area contributed by atoms with Gasteiger partial charge in [0.25, 0.3) is 11.2 Å². The van der Waals surface area contributed by atoms with E-state index in [0.717, 1.165) is 11.3 Å². The summed E-state index contributed by atoms with van der Waals surface area (Å²) in [6.07, 6.45) is 1.58. The predicted molar refractivity (Wildman–Crippen MR) is 148 cm³/mol. The molecule has 12 heteroatoms. The number of esters is 1. The molecule has 2 aromatic heterocycles. The number of hydrogen-bond acceptors (Lipinski definition) is 8. The molecule has 5 rings (SSSR count). The summed E-state index contributed by atoms with van der Waals surface area (Å²) in [5.74, 6) is 0.200. The predicted octanol–water partition coefficient (Wildman–Crippen LogP) is 5.27. The van der Waals surface area contributed by atoms with Crippen LogP contribution in [0.1, 0.15) is 31.2 Å². The lowest BCUT2D eigenvalue weighted by atomic mass is 9.96. The molecule has 1 aliphatic rings. The number of carbonyl (C=O) groups excluding carboxylic acids is 1. The van der Waals surface area contributed by atoms with Crippen LogP contribution in [0.25, 0.3) is 17.4 Å². The Kier molecular flexibility index (Phi) is 7.26. The van der Waals surface area contributed by atoms with Gasteiger partial charge in [-0.25, -0.2) is 9.79 Å². The molecule has 0 saturated carbocycles. The molecule has 1 atom stereocenters. The van der Waals surface area contributed by atoms with E-state index < -0.39 is 16.9 Å². The van der Waals surface area contributed by atoms with E-state index in [9.17, 15) is 19.7 Å². The lowest BCUT2D eigenvalue weighted by Crippen LogP contribution is -2.39. The number of hydrogen-bond donors (Lipinski definition) is 0. The molecule has 0 aliphatic carbocycles. The molecule has 1 aliphatic heterocycles. The van der Waals surface area contributed by atoms with Gasteiger partial charge in [0, 0.05) is 28.8 Å². The van der Waals surface area contributed by atoms with E-state index in [4.69, 9.17) is 32.4 Å². The third-order valence-electron chi connectivity index (χ3n) is 6.03. The topological polar surface area (TPSA) is 117 Å². The molecule has 9 nitrogen and oxygen atoms in total. The molecule has 0 amide bonds. The summed E-state index contributed by atoms with van der Waals surface area (Å²) in [5, 5.41) is 11.7. The maximum Gasteiger partial charge on any atom is 0.338 e. The number of nitro benzene ring substituents is 1. The van der Waals surface area contributed by atoms with Crippen molar-refractivity contribution in [1.29, 1.82) is 0 Å². The van der Waals surface area contributed by atoms with Crippen molar-refractivity contribution in [2.24, 2.45) is 4.99 Å². The van der Waals surface area contributed by atoms with Crippen molar-refractivity contribution in [2.75, 3.05) is 6.61 Å². The van der Waals surface area contributed by atoms with E-state index in [0.29, 0.717) is 42.7 Å². The number of thiazole rings is 1. The highest BCUT2D eigenvalue weighted by molar-refractivity contribution is 7.07. The molecule has 0 fully saturated rings. The fourth-order valence-corrected chi connectivity index (χ4v) is 5.69. The van der Waals surface area contributed by atoms with Crippen molar-refractivity contribution >= 4 is 52.3 Å². The van der Waals surface area contributed by atoms with Gasteiger partial charge in [-0.2, -0.15) is 0 Å². The number of ether oxygens (including phenoxy) is 1. The summed E-state index contributed by atoms with van der Waals surface area (Å²) in [7, 11) is 0. The monoisotopic (exact) mass is 583 g/mol. The number of benzene rings is 2. The minimum atomic E-state index is -0.759. The number of nitrogens with zero attached hydrogens (tertiary/aromatic N) is 3. The van der Waals surface area contributed by atoms with Crippen molar-refractivity contribution in [3.05, 3.63) is 117 Å². The van der Waals surface area contributed by atoms with Crippen LogP contribution in [0, 0.1) is 10.1 Å². The molecule has 4 aromatic rings. The maximum absolute atomic E-state index is 13.7. The van der Waals surface area contributed by atoms with Gasteiger partial charge in [0.1, 0.15) is 11.5 Å². The van der Waals surface area contributed by atoms with Gasteiger partial charge in [-0.15, -0.1) is 0 Å². The zero-order valence-corrected chi connectivity index (χ0v) is 22.8. The summed E-state index contributed by atoms with van der Waals surface area (Å²) in [6, 6.07) is 13.6. The fraction of sp³-hybridized carbons (Fsp3) is 0.148. The summed E-state index contributed by atoms with van der Waals surface area (Å²) in [4.78, 5) is 42.1.